The predicted octanol–water partition coefficient (Wildman–Crippen LogP) is 2.06. The van der Waals surface area contributed by atoms with Gasteiger partial charge in [0.25, 0.3) is 0 Å². The average molecular weight is 213 g/mol. The third-order valence-corrected chi connectivity index (χ3v) is 3.13. The molecule has 1 aromatic heterocycles. The molecule has 82 valence electrons. The molecule has 2 aromatic rings. The molecule has 0 saturated heterocycles. The molecule has 3 nitrogen and oxygen atoms in total. The Hall–Kier alpha value is -1.61. The fourth-order valence-electron chi connectivity index (χ4n) is 2.11. The van der Waals surface area contributed by atoms with E-state index in [1.54, 1.807) is 6.33 Å². The first-order valence-corrected chi connectivity index (χ1v) is 5.69. The smallest absolute Gasteiger partial charge is 0.0922 e. The molecule has 2 N–H and O–H groups in total. The number of aromatic amines is 1. The van der Waals surface area contributed by atoms with Crippen LogP contribution < -0.4 is 5.32 Å². The van der Waals surface area contributed by atoms with Crippen LogP contribution >= 0.6 is 0 Å². The summed E-state index contributed by atoms with van der Waals surface area (Å²) in [6.07, 6.45) is 4.84. The van der Waals surface area contributed by atoms with Crippen molar-refractivity contribution in [3.8, 4) is 0 Å². The van der Waals surface area contributed by atoms with Crippen LogP contribution in [0.5, 0.6) is 0 Å². The van der Waals surface area contributed by atoms with Crippen molar-refractivity contribution < 1.29 is 0 Å². The zero-order chi connectivity index (χ0) is 10.8. The first kappa shape index (κ1) is 9.60. The molecular formula is C13H15N3. The van der Waals surface area contributed by atoms with Gasteiger partial charge in [-0.1, -0.05) is 30.3 Å². The van der Waals surface area contributed by atoms with E-state index in [2.05, 4.69) is 45.6 Å². The van der Waals surface area contributed by atoms with E-state index in [-0.39, 0.29) is 0 Å². The number of aromatic nitrogens is 2. The number of nitrogens with zero attached hydrogens (tertiary/aromatic N) is 1. The van der Waals surface area contributed by atoms with Gasteiger partial charge in [-0.05, 0) is 12.0 Å². The minimum Gasteiger partial charge on any atom is -0.347 e. The van der Waals surface area contributed by atoms with E-state index in [0.717, 1.165) is 12.2 Å². The second-order valence-electron chi connectivity index (χ2n) is 4.32. The van der Waals surface area contributed by atoms with Crippen molar-refractivity contribution in [1.82, 2.24) is 15.3 Å². The molecule has 1 aliphatic carbocycles. The minimum atomic E-state index is 0.630. The molecule has 0 spiro atoms. The molecule has 1 saturated carbocycles. The van der Waals surface area contributed by atoms with Gasteiger partial charge >= 0.3 is 0 Å². The van der Waals surface area contributed by atoms with Crippen LogP contribution in [0.1, 0.15) is 23.6 Å². The lowest BCUT2D eigenvalue weighted by Gasteiger charge is -2.02. The van der Waals surface area contributed by atoms with Crippen molar-refractivity contribution in [3.63, 3.8) is 0 Å². The number of benzene rings is 1. The van der Waals surface area contributed by atoms with E-state index in [0.29, 0.717) is 12.0 Å². The molecule has 0 radical (unpaired) electrons. The molecular weight excluding hydrogens is 198 g/mol. The van der Waals surface area contributed by atoms with E-state index in [9.17, 15) is 0 Å². The molecule has 1 aliphatic rings. The zero-order valence-corrected chi connectivity index (χ0v) is 9.06. The van der Waals surface area contributed by atoms with Crippen LogP contribution in [0.3, 0.4) is 0 Å². The second-order valence-corrected chi connectivity index (χ2v) is 4.32. The number of rotatable bonds is 4. The summed E-state index contributed by atoms with van der Waals surface area (Å²) in [6.45, 7) is 0.883. The van der Waals surface area contributed by atoms with Crippen LogP contribution in [-0.4, -0.2) is 16.0 Å². The lowest BCUT2D eigenvalue weighted by molar-refractivity contribution is 0.663. The van der Waals surface area contributed by atoms with Gasteiger partial charge in [0.15, 0.2) is 0 Å². The standard InChI is InChI=1S/C13H15N3/c1-2-4-10(5-3-1)12-6-13(12)15-8-11-7-14-9-16-11/h1-5,7,9,12-13,15H,6,8H2,(H,14,16). The molecule has 2 atom stereocenters. The Bertz CT molecular complexity index is 435. The molecule has 3 heteroatoms. The predicted molar refractivity (Wildman–Crippen MR) is 63.0 cm³/mol. The highest BCUT2D eigenvalue weighted by Crippen LogP contribution is 2.40. The first-order chi connectivity index (χ1) is 7.93. The fraction of sp³-hybridized carbons (Fsp3) is 0.308. The normalized spacial score (nSPS) is 23.2. The summed E-state index contributed by atoms with van der Waals surface area (Å²) < 4.78 is 0. The Balaban J connectivity index is 1.53. The quantitative estimate of drug-likeness (QED) is 0.816. The van der Waals surface area contributed by atoms with Gasteiger partial charge in [-0.25, -0.2) is 4.98 Å². The molecule has 0 aliphatic heterocycles. The highest BCUT2D eigenvalue weighted by Gasteiger charge is 2.37. The third kappa shape index (κ3) is 1.99. The van der Waals surface area contributed by atoms with E-state index in [1.807, 2.05) is 6.20 Å². The van der Waals surface area contributed by atoms with E-state index in [1.165, 1.54) is 12.0 Å². The Morgan fingerprint density at radius 2 is 2.19 bits per heavy atom. The summed E-state index contributed by atoms with van der Waals surface area (Å²) in [5, 5.41) is 3.54. The van der Waals surface area contributed by atoms with Gasteiger partial charge in [-0.2, -0.15) is 0 Å². The maximum absolute atomic E-state index is 4.00. The second kappa shape index (κ2) is 4.10. The SMILES string of the molecule is c1ccc(C2CC2NCc2cnc[nH]2)cc1. The van der Waals surface area contributed by atoms with E-state index >= 15 is 0 Å². The van der Waals surface area contributed by atoms with Crippen LogP contribution in [0.15, 0.2) is 42.9 Å². The van der Waals surface area contributed by atoms with Gasteiger partial charge in [0.05, 0.1) is 6.33 Å². The summed E-state index contributed by atoms with van der Waals surface area (Å²) in [6, 6.07) is 11.3. The molecule has 1 heterocycles. The number of H-pyrrole nitrogens is 1. The number of imidazole rings is 1. The maximum atomic E-state index is 4.00. The molecule has 1 aromatic carbocycles. The van der Waals surface area contributed by atoms with Crippen molar-refractivity contribution in [2.24, 2.45) is 0 Å². The number of hydrogen-bond donors (Lipinski definition) is 2. The third-order valence-electron chi connectivity index (χ3n) is 3.13. The van der Waals surface area contributed by atoms with Crippen molar-refractivity contribution >= 4 is 0 Å². The van der Waals surface area contributed by atoms with Crippen molar-refractivity contribution in [1.29, 1.82) is 0 Å². The Morgan fingerprint density at radius 1 is 1.31 bits per heavy atom. The summed E-state index contributed by atoms with van der Waals surface area (Å²) in [4.78, 5) is 7.10. The fourth-order valence-corrected chi connectivity index (χ4v) is 2.11. The monoisotopic (exact) mass is 213 g/mol. The lowest BCUT2D eigenvalue weighted by atomic mass is 10.1. The number of nitrogens with one attached hydrogen (secondary N) is 2. The highest BCUT2D eigenvalue weighted by molar-refractivity contribution is 5.27. The van der Waals surface area contributed by atoms with Crippen LogP contribution in [0, 0.1) is 0 Å². The molecule has 16 heavy (non-hydrogen) atoms. The van der Waals surface area contributed by atoms with Gasteiger partial charge in [-0.3, -0.25) is 0 Å². The summed E-state index contributed by atoms with van der Waals surface area (Å²) >= 11 is 0. The largest absolute Gasteiger partial charge is 0.347 e. The van der Waals surface area contributed by atoms with Gasteiger partial charge in [0.2, 0.25) is 0 Å². The van der Waals surface area contributed by atoms with E-state index < -0.39 is 0 Å². The van der Waals surface area contributed by atoms with E-state index in [4.69, 9.17) is 0 Å². The average Bonchev–Trinajstić information content (AvgIpc) is 2.93. The lowest BCUT2D eigenvalue weighted by Crippen LogP contribution is -2.17. The van der Waals surface area contributed by atoms with Crippen LogP contribution in [0.4, 0.5) is 0 Å². The molecule has 2 unspecified atom stereocenters. The molecule has 1 fully saturated rings. The Kier molecular flexibility index (Phi) is 2.46. The topological polar surface area (TPSA) is 40.7 Å². The highest BCUT2D eigenvalue weighted by atomic mass is 15.0. The van der Waals surface area contributed by atoms with Crippen molar-refractivity contribution in [3.05, 3.63) is 54.1 Å². The zero-order valence-electron chi connectivity index (χ0n) is 9.06. The van der Waals surface area contributed by atoms with Crippen LogP contribution in [0.25, 0.3) is 0 Å². The first-order valence-electron chi connectivity index (χ1n) is 5.69. The minimum absolute atomic E-state index is 0.630. The van der Waals surface area contributed by atoms with Gasteiger partial charge in [0.1, 0.15) is 0 Å². The summed E-state index contributed by atoms with van der Waals surface area (Å²) in [5.74, 6) is 0.698. The Labute approximate surface area is 94.9 Å². The van der Waals surface area contributed by atoms with Gasteiger partial charge in [-0.15, -0.1) is 0 Å². The molecule has 3 rings (SSSR count). The van der Waals surface area contributed by atoms with Crippen molar-refractivity contribution in [2.75, 3.05) is 0 Å². The van der Waals surface area contributed by atoms with Gasteiger partial charge in [0, 0.05) is 30.4 Å². The van der Waals surface area contributed by atoms with Crippen LogP contribution in [-0.2, 0) is 6.54 Å². The maximum Gasteiger partial charge on any atom is 0.0922 e. The Morgan fingerprint density at radius 3 is 2.94 bits per heavy atom. The summed E-state index contributed by atoms with van der Waals surface area (Å²) in [5.41, 5.74) is 2.60. The molecule has 0 amide bonds. The van der Waals surface area contributed by atoms with Crippen molar-refractivity contribution in [2.45, 2.75) is 24.9 Å². The number of hydrogen-bond acceptors (Lipinski definition) is 2. The molecule has 0 bridgehead atoms. The van der Waals surface area contributed by atoms with Gasteiger partial charge < -0.3 is 10.3 Å². The van der Waals surface area contributed by atoms with Crippen LogP contribution in [0.2, 0.25) is 0 Å². The summed E-state index contributed by atoms with van der Waals surface area (Å²) in [7, 11) is 0.